The van der Waals surface area contributed by atoms with Crippen molar-refractivity contribution in [2.24, 2.45) is 0 Å². The summed E-state index contributed by atoms with van der Waals surface area (Å²) in [6.07, 6.45) is 1.19. The third-order valence-corrected chi connectivity index (χ3v) is 4.61. The molecule has 9 heteroatoms. The molecule has 0 amide bonds. The van der Waals surface area contributed by atoms with Gasteiger partial charge in [-0.2, -0.15) is 0 Å². The largest absolute Gasteiger partial charge is 0.486 e. The second-order valence-corrected chi connectivity index (χ2v) is 6.97. The van der Waals surface area contributed by atoms with Gasteiger partial charge in [-0.3, -0.25) is 4.79 Å². The smallest absolute Gasteiger partial charge is 0.371 e. The molecule has 4 rings (SSSR count). The Balaban J connectivity index is 1.54. The molecule has 4 aromatic rings. The SMILES string of the molecule is O=C(O)c1ccc(COc2ccc3c(=O)c(Oc4ccc(Cl)cc4Cl)coc3c2)o1. The molecule has 0 aliphatic rings. The lowest BCUT2D eigenvalue weighted by atomic mass is 10.2. The van der Waals surface area contributed by atoms with Gasteiger partial charge in [0.1, 0.15) is 35.7 Å². The van der Waals surface area contributed by atoms with Gasteiger partial charge < -0.3 is 23.4 Å². The second-order valence-electron chi connectivity index (χ2n) is 6.12. The van der Waals surface area contributed by atoms with Gasteiger partial charge in [-0.25, -0.2) is 4.79 Å². The minimum atomic E-state index is -1.16. The maximum absolute atomic E-state index is 12.7. The normalized spacial score (nSPS) is 10.9. The molecule has 0 aliphatic carbocycles. The lowest BCUT2D eigenvalue weighted by Gasteiger charge is -2.08. The van der Waals surface area contributed by atoms with Gasteiger partial charge in [-0.15, -0.1) is 0 Å². The van der Waals surface area contributed by atoms with Gasteiger partial charge in [0.15, 0.2) is 0 Å². The van der Waals surface area contributed by atoms with Crippen LogP contribution < -0.4 is 14.9 Å². The first kappa shape index (κ1) is 19.9. The Morgan fingerprint density at radius 3 is 2.60 bits per heavy atom. The maximum atomic E-state index is 12.7. The Morgan fingerprint density at radius 1 is 1.03 bits per heavy atom. The molecule has 0 saturated heterocycles. The highest BCUT2D eigenvalue weighted by Gasteiger charge is 2.13. The number of rotatable bonds is 6. The van der Waals surface area contributed by atoms with E-state index >= 15 is 0 Å². The summed E-state index contributed by atoms with van der Waals surface area (Å²) < 4.78 is 21.8. The summed E-state index contributed by atoms with van der Waals surface area (Å²) in [6, 6.07) is 12.2. The zero-order valence-corrected chi connectivity index (χ0v) is 16.6. The lowest BCUT2D eigenvalue weighted by molar-refractivity contribution is 0.0658. The first-order valence-corrected chi connectivity index (χ1v) is 9.29. The van der Waals surface area contributed by atoms with Crippen molar-refractivity contribution in [1.29, 1.82) is 0 Å². The average molecular weight is 447 g/mol. The number of carboxylic acids is 1. The Hall–Kier alpha value is -3.42. The monoisotopic (exact) mass is 446 g/mol. The molecule has 30 heavy (non-hydrogen) atoms. The first-order valence-electron chi connectivity index (χ1n) is 8.54. The van der Waals surface area contributed by atoms with Gasteiger partial charge in [0.2, 0.25) is 16.9 Å². The fraction of sp³-hybridized carbons (Fsp3) is 0.0476. The van der Waals surface area contributed by atoms with Crippen molar-refractivity contribution < 1.29 is 28.2 Å². The molecule has 0 aliphatic heterocycles. The Bertz CT molecular complexity index is 1310. The van der Waals surface area contributed by atoms with E-state index in [4.69, 9.17) is 46.6 Å². The molecule has 152 valence electrons. The standard InChI is InChI=1S/C21H12Cl2O7/c22-11-1-5-16(15(23)7-11)30-19-10-28-18-8-12(2-4-14(18)20(19)24)27-9-13-3-6-17(29-13)21(25)26/h1-8,10H,9H2,(H,25,26). The zero-order chi connectivity index (χ0) is 21.3. The number of hydrogen-bond donors (Lipinski definition) is 1. The van der Waals surface area contributed by atoms with Crippen LogP contribution in [0.25, 0.3) is 11.0 Å². The number of fused-ring (bicyclic) bond motifs is 1. The van der Waals surface area contributed by atoms with E-state index in [1.54, 1.807) is 18.2 Å². The van der Waals surface area contributed by atoms with Gasteiger partial charge >= 0.3 is 5.97 Å². The average Bonchev–Trinajstić information content (AvgIpc) is 3.20. The van der Waals surface area contributed by atoms with Crippen molar-refractivity contribution in [1.82, 2.24) is 0 Å². The van der Waals surface area contributed by atoms with E-state index in [-0.39, 0.29) is 45.3 Å². The fourth-order valence-electron chi connectivity index (χ4n) is 2.65. The summed E-state index contributed by atoms with van der Waals surface area (Å²) in [5, 5.41) is 9.86. The minimum Gasteiger partial charge on any atom is -0.486 e. The van der Waals surface area contributed by atoms with Crippen molar-refractivity contribution in [3.63, 3.8) is 0 Å². The van der Waals surface area contributed by atoms with Crippen LogP contribution in [-0.4, -0.2) is 11.1 Å². The van der Waals surface area contributed by atoms with E-state index in [1.165, 1.54) is 36.6 Å². The van der Waals surface area contributed by atoms with Crippen molar-refractivity contribution in [3.8, 4) is 17.2 Å². The van der Waals surface area contributed by atoms with Crippen LogP contribution in [0.1, 0.15) is 16.3 Å². The van der Waals surface area contributed by atoms with E-state index in [2.05, 4.69) is 0 Å². The summed E-state index contributed by atoms with van der Waals surface area (Å²) in [4.78, 5) is 23.5. The van der Waals surface area contributed by atoms with Gasteiger partial charge in [0.05, 0.1) is 10.4 Å². The van der Waals surface area contributed by atoms with Crippen LogP contribution in [0.4, 0.5) is 0 Å². The number of hydrogen-bond acceptors (Lipinski definition) is 6. The van der Waals surface area contributed by atoms with Crippen LogP contribution >= 0.6 is 23.2 Å². The molecular formula is C21H12Cl2O7. The van der Waals surface area contributed by atoms with Crippen LogP contribution in [0.5, 0.6) is 17.2 Å². The second kappa shape index (κ2) is 8.14. The van der Waals surface area contributed by atoms with Crippen LogP contribution in [0.3, 0.4) is 0 Å². The van der Waals surface area contributed by atoms with Crippen molar-refractivity contribution in [3.05, 3.63) is 86.6 Å². The molecule has 1 N–H and O–H groups in total. The van der Waals surface area contributed by atoms with Crippen molar-refractivity contribution in [2.75, 3.05) is 0 Å². The Morgan fingerprint density at radius 2 is 1.87 bits per heavy atom. The molecule has 7 nitrogen and oxygen atoms in total. The first-order chi connectivity index (χ1) is 14.4. The summed E-state index contributed by atoms with van der Waals surface area (Å²) in [6.45, 7) is 0.0132. The molecule has 0 spiro atoms. The van der Waals surface area contributed by atoms with Gasteiger partial charge in [0, 0.05) is 11.1 Å². The summed E-state index contributed by atoms with van der Waals surface area (Å²) in [5.74, 6) is -0.340. The molecular weight excluding hydrogens is 435 g/mol. The van der Waals surface area contributed by atoms with Crippen LogP contribution in [0, 0.1) is 0 Å². The third-order valence-electron chi connectivity index (χ3n) is 4.08. The molecule has 0 fully saturated rings. The quantitative estimate of drug-likeness (QED) is 0.401. The Kier molecular flexibility index (Phi) is 5.39. The predicted molar refractivity (Wildman–Crippen MR) is 109 cm³/mol. The van der Waals surface area contributed by atoms with Gasteiger partial charge in [-0.05, 0) is 42.5 Å². The molecule has 2 heterocycles. The van der Waals surface area contributed by atoms with Gasteiger partial charge in [0.25, 0.3) is 0 Å². The number of ether oxygens (including phenoxy) is 2. The fourth-order valence-corrected chi connectivity index (χ4v) is 3.10. The number of furan rings is 1. The van der Waals surface area contributed by atoms with Crippen LogP contribution in [0.2, 0.25) is 10.0 Å². The van der Waals surface area contributed by atoms with Crippen molar-refractivity contribution in [2.45, 2.75) is 6.61 Å². The van der Waals surface area contributed by atoms with E-state index in [1.807, 2.05) is 0 Å². The number of carboxylic acid groups (broad SMARTS) is 1. The predicted octanol–water partition coefficient (Wildman–Crippen LogP) is 5.76. The van der Waals surface area contributed by atoms with Crippen molar-refractivity contribution >= 4 is 40.1 Å². The molecule has 0 atom stereocenters. The number of benzene rings is 2. The highest BCUT2D eigenvalue weighted by molar-refractivity contribution is 6.35. The van der Waals surface area contributed by atoms with E-state index in [0.717, 1.165) is 0 Å². The topological polar surface area (TPSA) is 99.1 Å². The van der Waals surface area contributed by atoms with Crippen LogP contribution in [-0.2, 0) is 6.61 Å². The molecule has 0 radical (unpaired) electrons. The summed E-state index contributed by atoms with van der Waals surface area (Å²) in [7, 11) is 0. The van der Waals surface area contributed by atoms with E-state index in [9.17, 15) is 9.59 Å². The molecule has 0 unspecified atom stereocenters. The number of carbonyl (C=O) groups is 1. The number of aromatic carboxylic acids is 1. The summed E-state index contributed by atoms with van der Waals surface area (Å²) >= 11 is 11.9. The highest BCUT2D eigenvalue weighted by Crippen LogP contribution is 2.31. The molecule has 2 aromatic heterocycles. The van der Waals surface area contributed by atoms with E-state index in [0.29, 0.717) is 16.5 Å². The summed E-state index contributed by atoms with van der Waals surface area (Å²) in [5.41, 5.74) is -0.0938. The van der Waals surface area contributed by atoms with E-state index < -0.39 is 5.97 Å². The molecule has 2 aromatic carbocycles. The third kappa shape index (κ3) is 4.12. The minimum absolute atomic E-state index is 0.0132. The van der Waals surface area contributed by atoms with Gasteiger partial charge in [-0.1, -0.05) is 23.2 Å². The molecule has 0 bridgehead atoms. The lowest BCUT2D eigenvalue weighted by Crippen LogP contribution is -2.05. The maximum Gasteiger partial charge on any atom is 0.371 e. The Labute approximate surface area is 179 Å². The number of halogens is 2. The zero-order valence-electron chi connectivity index (χ0n) is 15.1. The van der Waals surface area contributed by atoms with Crippen LogP contribution in [0.15, 0.2) is 68.4 Å². The highest BCUT2D eigenvalue weighted by atomic mass is 35.5. The molecule has 0 saturated carbocycles.